The number of aromatic amines is 1. The van der Waals surface area contributed by atoms with Gasteiger partial charge in [-0.2, -0.15) is 5.26 Å². The van der Waals surface area contributed by atoms with Gasteiger partial charge in [0.15, 0.2) is 0 Å². The summed E-state index contributed by atoms with van der Waals surface area (Å²) in [5.41, 5.74) is 1.05. The standard InChI is InChI=1S/C9H14N4/c1-2-8(3-4-10)12-6-9-5-11-7-13-9/h5,7-8,12H,2-3,6H2,1H3,(H,11,13). The Morgan fingerprint density at radius 2 is 2.62 bits per heavy atom. The smallest absolute Gasteiger partial charge is 0.0922 e. The van der Waals surface area contributed by atoms with E-state index in [2.05, 4.69) is 28.3 Å². The van der Waals surface area contributed by atoms with Crippen LogP contribution < -0.4 is 5.32 Å². The molecule has 1 aromatic heterocycles. The van der Waals surface area contributed by atoms with Gasteiger partial charge in [-0.15, -0.1) is 0 Å². The summed E-state index contributed by atoms with van der Waals surface area (Å²) in [6.07, 6.45) is 4.97. The van der Waals surface area contributed by atoms with E-state index in [0.717, 1.165) is 18.7 Å². The van der Waals surface area contributed by atoms with Crippen molar-refractivity contribution in [1.29, 1.82) is 5.26 Å². The molecule has 0 aliphatic heterocycles. The van der Waals surface area contributed by atoms with E-state index in [1.807, 2.05) is 0 Å². The van der Waals surface area contributed by atoms with Crippen LogP contribution in [-0.4, -0.2) is 16.0 Å². The van der Waals surface area contributed by atoms with Crippen molar-refractivity contribution in [3.8, 4) is 6.07 Å². The van der Waals surface area contributed by atoms with Crippen LogP contribution >= 0.6 is 0 Å². The van der Waals surface area contributed by atoms with E-state index in [4.69, 9.17) is 5.26 Å². The maximum atomic E-state index is 8.51. The summed E-state index contributed by atoms with van der Waals surface area (Å²) >= 11 is 0. The van der Waals surface area contributed by atoms with Gasteiger partial charge in [0.2, 0.25) is 0 Å². The van der Waals surface area contributed by atoms with Gasteiger partial charge < -0.3 is 10.3 Å². The third kappa shape index (κ3) is 3.26. The Hall–Kier alpha value is -1.34. The largest absolute Gasteiger partial charge is 0.347 e. The fraction of sp³-hybridized carbons (Fsp3) is 0.556. The average molecular weight is 178 g/mol. The van der Waals surface area contributed by atoms with Crippen LogP contribution in [0.25, 0.3) is 0 Å². The minimum absolute atomic E-state index is 0.285. The van der Waals surface area contributed by atoms with E-state index < -0.39 is 0 Å². The molecule has 0 bridgehead atoms. The van der Waals surface area contributed by atoms with Crippen LogP contribution in [-0.2, 0) is 6.54 Å². The first-order chi connectivity index (χ1) is 6.36. The number of nitrogens with one attached hydrogen (secondary N) is 2. The molecule has 0 spiro atoms. The fourth-order valence-electron chi connectivity index (χ4n) is 1.11. The van der Waals surface area contributed by atoms with Crippen molar-refractivity contribution in [1.82, 2.24) is 15.3 Å². The predicted molar refractivity (Wildman–Crippen MR) is 49.7 cm³/mol. The SMILES string of the molecule is CCC(CC#N)NCc1cnc[nH]1. The van der Waals surface area contributed by atoms with Crippen LogP contribution in [0.4, 0.5) is 0 Å². The van der Waals surface area contributed by atoms with Crippen LogP contribution in [0, 0.1) is 11.3 Å². The highest BCUT2D eigenvalue weighted by molar-refractivity contribution is 4.94. The molecule has 4 heteroatoms. The fourth-order valence-corrected chi connectivity index (χ4v) is 1.11. The zero-order valence-electron chi connectivity index (χ0n) is 7.75. The third-order valence-electron chi connectivity index (χ3n) is 1.97. The van der Waals surface area contributed by atoms with E-state index in [1.54, 1.807) is 12.5 Å². The van der Waals surface area contributed by atoms with Gasteiger partial charge in [0, 0.05) is 24.5 Å². The normalized spacial score (nSPS) is 12.3. The monoisotopic (exact) mass is 178 g/mol. The van der Waals surface area contributed by atoms with Gasteiger partial charge in [-0.05, 0) is 6.42 Å². The van der Waals surface area contributed by atoms with Crippen molar-refractivity contribution in [3.05, 3.63) is 18.2 Å². The van der Waals surface area contributed by atoms with Crippen LogP contribution in [0.1, 0.15) is 25.5 Å². The van der Waals surface area contributed by atoms with Crippen molar-refractivity contribution < 1.29 is 0 Å². The molecule has 2 N–H and O–H groups in total. The van der Waals surface area contributed by atoms with E-state index in [9.17, 15) is 0 Å². The molecule has 0 radical (unpaired) electrons. The van der Waals surface area contributed by atoms with Crippen LogP contribution in [0.5, 0.6) is 0 Å². The highest BCUT2D eigenvalue weighted by Gasteiger charge is 2.04. The minimum Gasteiger partial charge on any atom is -0.347 e. The molecular formula is C9H14N4. The number of nitriles is 1. The lowest BCUT2D eigenvalue weighted by atomic mass is 10.1. The van der Waals surface area contributed by atoms with Gasteiger partial charge in [-0.1, -0.05) is 6.92 Å². The third-order valence-corrected chi connectivity index (χ3v) is 1.97. The number of hydrogen-bond donors (Lipinski definition) is 2. The summed E-state index contributed by atoms with van der Waals surface area (Å²) in [5, 5.41) is 11.8. The van der Waals surface area contributed by atoms with Gasteiger partial charge in [0.05, 0.1) is 18.8 Å². The molecule has 0 saturated heterocycles. The molecule has 1 rings (SSSR count). The first kappa shape index (κ1) is 9.75. The molecule has 0 aliphatic rings. The molecule has 1 unspecified atom stereocenters. The van der Waals surface area contributed by atoms with E-state index in [-0.39, 0.29) is 6.04 Å². The summed E-state index contributed by atoms with van der Waals surface area (Å²) in [6.45, 7) is 2.82. The van der Waals surface area contributed by atoms with Gasteiger partial charge >= 0.3 is 0 Å². The lowest BCUT2D eigenvalue weighted by molar-refractivity contribution is 0.501. The Labute approximate surface area is 78.0 Å². The number of nitrogens with zero attached hydrogens (tertiary/aromatic N) is 2. The lowest BCUT2D eigenvalue weighted by Crippen LogP contribution is -2.27. The molecule has 0 aromatic carbocycles. The molecule has 1 atom stereocenters. The van der Waals surface area contributed by atoms with Gasteiger partial charge in [0.1, 0.15) is 0 Å². The molecule has 0 amide bonds. The predicted octanol–water partition coefficient (Wildman–Crippen LogP) is 1.19. The van der Waals surface area contributed by atoms with Crippen molar-refractivity contribution in [3.63, 3.8) is 0 Å². The second-order valence-corrected chi connectivity index (χ2v) is 2.93. The van der Waals surface area contributed by atoms with E-state index >= 15 is 0 Å². The number of rotatable bonds is 5. The number of hydrogen-bond acceptors (Lipinski definition) is 3. The molecule has 1 aromatic rings. The van der Waals surface area contributed by atoms with Gasteiger partial charge in [-0.25, -0.2) is 4.98 Å². The lowest BCUT2D eigenvalue weighted by Gasteiger charge is -2.11. The Morgan fingerprint density at radius 1 is 1.77 bits per heavy atom. The molecule has 70 valence electrons. The Bertz CT molecular complexity index is 260. The van der Waals surface area contributed by atoms with Crippen LogP contribution in [0.2, 0.25) is 0 Å². The maximum absolute atomic E-state index is 8.51. The molecule has 0 saturated carbocycles. The quantitative estimate of drug-likeness (QED) is 0.711. The zero-order valence-corrected chi connectivity index (χ0v) is 7.75. The zero-order chi connectivity index (χ0) is 9.52. The second kappa shape index (κ2) is 5.33. The summed E-state index contributed by atoms with van der Waals surface area (Å²) in [5.74, 6) is 0. The maximum Gasteiger partial charge on any atom is 0.0922 e. The van der Waals surface area contributed by atoms with Gasteiger partial charge in [-0.3, -0.25) is 0 Å². The second-order valence-electron chi connectivity index (χ2n) is 2.93. The van der Waals surface area contributed by atoms with Crippen molar-refractivity contribution >= 4 is 0 Å². The number of imidazole rings is 1. The Balaban J connectivity index is 2.28. The van der Waals surface area contributed by atoms with Crippen molar-refractivity contribution in [2.45, 2.75) is 32.4 Å². The van der Waals surface area contributed by atoms with Crippen molar-refractivity contribution in [2.24, 2.45) is 0 Å². The Kier molecular flexibility index (Phi) is 4.00. The molecule has 0 aliphatic carbocycles. The number of H-pyrrole nitrogens is 1. The summed E-state index contributed by atoms with van der Waals surface area (Å²) in [6, 6.07) is 2.45. The minimum atomic E-state index is 0.285. The molecule has 1 heterocycles. The highest BCUT2D eigenvalue weighted by atomic mass is 15.0. The molecule has 4 nitrogen and oxygen atoms in total. The van der Waals surface area contributed by atoms with Crippen LogP contribution in [0.15, 0.2) is 12.5 Å². The average Bonchev–Trinajstić information content (AvgIpc) is 2.64. The summed E-state index contributed by atoms with van der Waals surface area (Å²) in [7, 11) is 0. The molecule has 0 fully saturated rings. The number of aromatic nitrogens is 2. The molecule has 13 heavy (non-hydrogen) atoms. The van der Waals surface area contributed by atoms with E-state index in [1.165, 1.54) is 0 Å². The van der Waals surface area contributed by atoms with Crippen molar-refractivity contribution in [2.75, 3.05) is 0 Å². The van der Waals surface area contributed by atoms with E-state index in [0.29, 0.717) is 6.42 Å². The topological polar surface area (TPSA) is 64.5 Å². The summed E-state index contributed by atoms with van der Waals surface area (Å²) < 4.78 is 0. The van der Waals surface area contributed by atoms with Crippen LogP contribution in [0.3, 0.4) is 0 Å². The Morgan fingerprint density at radius 3 is 3.15 bits per heavy atom. The molecular weight excluding hydrogens is 164 g/mol. The summed E-state index contributed by atoms with van der Waals surface area (Å²) in [4.78, 5) is 6.91. The first-order valence-corrected chi connectivity index (χ1v) is 4.44. The highest BCUT2D eigenvalue weighted by Crippen LogP contribution is 1.98. The first-order valence-electron chi connectivity index (χ1n) is 4.44. The van der Waals surface area contributed by atoms with Gasteiger partial charge in [0.25, 0.3) is 0 Å².